The maximum absolute atomic E-state index is 11.7. The van der Waals surface area contributed by atoms with Gasteiger partial charge in [-0.15, -0.1) is 0 Å². The van der Waals surface area contributed by atoms with Crippen molar-refractivity contribution in [3.05, 3.63) is 35.9 Å². The predicted molar refractivity (Wildman–Crippen MR) is 70.0 cm³/mol. The first-order valence-electron chi connectivity index (χ1n) is 6.22. The topological polar surface area (TPSA) is 55.6 Å². The van der Waals surface area contributed by atoms with Gasteiger partial charge in [0.15, 0.2) is 0 Å². The van der Waals surface area contributed by atoms with E-state index < -0.39 is 0 Å². The summed E-state index contributed by atoms with van der Waals surface area (Å²) >= 11 is 0. The van der Waals surface area contributed by atoms with E-state index in [-0.39, 0.29) is 17.6 Å². The van der Waals surface area contributed by atoms with Crippen LogP contribution < -0.4 is 5.73 Å². The number of hydrogen-bond acceptors (Lipinski definition) is 3. The average Bonchev–Trinajstić information content (AvgIpc) is 2.28. The number of nitrogens with zero attached hydrogens (tertiary/aromatic N) is 1. The Balaban J connectivity index is 2.23. The van der Waals surface area contributed by atoms with Gasteiger partial charge in [-0.05, 0) is 19.4 Å². The van der Waals surface area contributed by atoms with Crippen LogP contribution in [0.4, 0.5) is 0 Å². The number of benzene rings is 1. The van der Waals surface area contributed by atoms with Crippen LogP contribution in [0.15, 0.2) is 30.3 Å². The molecule has 0 bridgehead atoms. The minimum Gasteiger partial charge on any atom is -0.373 e. The van der Waals surface area contributed by atoms with Crippen molar-refractivity contribution in [3.63, 3.8) is 0 Å². The van der Waals surface area contributed by atoms with Gasteiger partial charge in [0, 0.05) is 13.1 Å². The monoisotopic (exact) mass is 248 g/mol. The Morgan fingerprint density at radius 2 is 2.06 bits per heavy atom. The standard InChI is InChI=1S/C14H20N2O2/c1-14(2)10-16(8-9-18-14)12(13(15)17)11-6-4-3-5-7-11/h3-7,12H,8-10H2,1-2H3,(H2,15,17). The van der Waals surface area contributed by atoms with Crippen molar-refractivity contribution in [1.29, 1.82) is 0 Å². The molecule has 0 saturated carbocycles. The molecule has 0 spiro atoms. The average molecular weight is 248 g/mol. The summed E-state index contributed by atoms with van der Waals surface area (Å²) in [7, 11) is 0. The first kappa shape index (κ1) is 13.1. The number of carbonyl (C=O) groups is 1. The molecule has 4 heteroatoms. The van der Waals surface area contributed by atoms with Crippen LogP contribution in [0.1, 0.15) is 25.5 Å². The van der Waals surface area contributed by atoms with Crippen LogP contribution in [-0.4, -0.2) is 36.1 Å². The Hall–Kier alpha value is -1.39. The van der Waals surface area contributed by atoms with Crippen LogP contribution in [0.25, 0.3) is 0 Å². The van der Waals surface area contributed by atoms with Crippen molar-refractivity contribution in [2.75, 3.05) is 19.7 Å². The van der Waals surface area contributed by atoms with Gasteiger partial charge in [0.1, 0.15) is 6.04 Å². The smallest absolute Gasteiger partial charge is 0.239 e. The molecule has 2 N–H and O–H groups in total. The maximum Gasteiger partial charge on any atom is 0.239 e. The van der Waals surface area contributed by atoms with E-state index in [4.69, 9.17) is 10.5 Å². The summed E-state index contributed by atoms with van der Waals surface area (Å²) in [4.78, 5) is 13.8. The van der Waals surface area contributed by atoms with Gasteiger partial charge in [-0.3, -0.25) is 9.69 Å². The van der Waals surface area contributed by atoms with E-state index in [0.717, 1.165) is 12.1 Å². The second kappa shape index (κ2) is 5.08. The molecule has 1 saturated heterocycles. The Bertz CT molecular complexity index is 417. The molecule has 2 rings (SSSR count). The number of primary amides is 1. The van der Waals surface area contributed by atoms with Gasteiger partial charge in [0.25, 0.3) is 0 Å². The number of rotatable bonds is 3. The Labute approximate surface area is 108 Å². The lowest BCUT2D eigenvalue weighted by Crippen LogP contribution is -2.52. The highest BCUT2D eigenvalue weighted by Crippen LogP contribution is 2.26. The van der Waals surface area contributed by atoms with Gasteiger partial charge in [0.05, 0.1) is 12.2 Å². The number of ether oxygens (including phenoxy) is 1. The molecule has 18 heavy (non-hydrogen) atoms. The fraction of sp³-hybridized carbons (Fsp3) is 0.500. The molecule has 1 aliphatic rings. The summed E-state index contributed by atoms with van der Waals surface area (Å²) in [6.07, 6.45) is 0. The van der Waals surface area contributed by atoms with Crippen LogP contribution in [0.3, 0.4) is 0 Å². The van der Waals surface area contributed by atoms with Gasteiger partial charge in [-0.1, -0.05) is 30.3 Å². The predicted octanol–water partition coefficient (Wildman–Crippen LogP) is 1.32. The third-order valence-corrected chi connectivity index (χ3v) is 3.21. The zero-order chi connectivity index (χ0) is 13.2. The largest absolute Gasteiger partial charge is 0.373 e. The molecule has 1 fully saturated rings. The summed E-state index contributed by atoms with van der Waals surface area (Å²) < 4.78 is 5.67. The molecule has 1 amide bonds. The number of morpholine rings is 1. The molecule has 1 aromatic rings. The first-order chi connectivity index (χ1) is 8.49. The third kappa shape index (κ3) is 2.89. The van der Waals surface area contributed by atoms with Gasteiger partial charge in [0.2, 0.25) is 5.91 Å². The molecule has 0 radical (unpaired) electrons. The second-order valence-electron chi connectivity index (χ2n) is 5.29. The lowest BCUT2D eigenvalue weighted by Gasteiger charge is -2.41. The van der Waals surface area contributed by atoms with Crippen molar-refractivity contribution in [3.8, 4) is 0 Å². The van der Waals surface area contributed by atoms with Crippen molar-refractivity contribution in [2.45, 2.75) is 25.5 Å². The van der Waals surface area contributed by atoms with E-state index in [0.29, 0.717) is 13.2 Å². The van der Waals surface area contributed by atoms with Crippen LogP contribution >= 0.6 is 0 Å². The van der Waals surface area contributed by atoms with Crippen molar-refractivity contribution in [2.24, 2.45) is 5.73 Å². The molecular formula is C14H20N2O2. The molecule has 1 unspecified atom stereocenters. The molecule has 1 aromatic carbocycles. The highest BCUT2D eigenvalue weighted by Gasteiger charge is 2.34. The summed E-state index contributed by atoms with van der Waals surface area (Å²) in [5, 5.41) is 0. The molecule has 4 nitrogen and oxygen atoms in total. The van der Waals surface area contributed by atoms with E-state index in [2.05, 4.69) is 4.90 Å². The fourth-order valence-corrected chi connectivity index (χ4v) is 2.46. The minimum atomic E-state index is -0.366. The lowest BCUT2D eigenvalue weighted by molar-refractivity contribution is -0.132. The first-order valence-corrected chi connectivity index (χ1v) is 6.22. The molecule has 98 valence electrons. The Morgan fingerprint density at radius 3 is 2.61 bits per heavy atom. The second-order valence-corrected chi connectivity index (χ2v) is 5.29. The number of amides is 1. The Kier molecular flexibility index (Phi) is 3.68. The summed E-state index contributed by atoms with van der Waals surface area (Å²) in [6.45, 7) is 6.12. The van der Waals surface area contributed by atoms with E-state index in [1.807, 2.05) is 44.2 Å². The number of hydrogen-bond donors (Lipinski definition) is 1. The molecule has 1 aliphatic heterocycles. The molecular weight excluding hydrogens is 228 g/mol. The van der Waals surface area contributed by atoms with E-state index in [1.165, 1.54) is 0 Å². The SMILES string of the molecule is CC1(C)CN(C(C(N)=O)c2ccccc2)CCO1. The summed E-state index contributed by atoms with van der Waals surface area (Å²) in [5.41, 5.74) is 6.28. The highest BCUT2D eigenvalue weighted by atomic mass is 16.5. The summed E-state index contributed by atoms with van der Waals surface area (Å²) in [6, 6.07) is 9.31. The van der Waals surface area contributed by atoms with Crippen LogP contribution in [0.5, 0.6) is 0 Å². The van der Waals surface area contributed by atoms with Crippen molar-refractivity contribution < 1.29 is 9.53 Å². The molecule has 0 aromatic heterocycles. The lowest BCUT2D eigenvalue weighted by atomic mass is 10.0. The molecule has 1 heterocycles. The molecule has 0 aliphatic carbocycles. The van der Waals surface area contributed by atoms with Crippen molar-refractivity contribution in [1.82, 2.24) is 4.90 Å². The minimum absolute atomic E-state index is 0.235. The zero-order valence-corrected chi connectivity index (χ0v) is 10.9. The quantitative estimate of drug-likeness (QED) is 0.878. The van der Waals surface area contributed by atoms with E-state index in [9.17, 15) is 4.79 Å². The van der Waals surface area contributed by atoms with Crippen LogP contribution in [-0.2, 0) is 9.53 Å². The normalized spacial score (nSPS) is 21.4. The molecule has 1 atom stereocenters. The zero-order valence-electron chi connectivity index (χ0n) is 10.9. The van der Waals surface area contributed by atoms with Crippen LogP contribution in [0.2, 0.25) is 0 Å². The highest BCUT2D eigenvalue weighted by molar-refractivity contribution is 5.81. The fourth-order valence-electron chi connectivity index (χ4n) is 2.46. The van der Waals surface area contributed by atoms with E-state index in [1.54, 1.807) is 0 Å². The number of nitrogens with two attached hydrogens (primary N) is 1. The third-order valence-electron chi connectivity index (χ3n) is 3.21. The van der Waals surface area contributed by atoms with Crippen LogP contribution in [0, 0.1) is 0 Å². The maximum atomic E-state index is 11.7. The Morgan fingerprint density at radius 1 is 1.39 bits per heavy atom. The van der Waals surface area contributed by atoms with E-state index >= 15 is 0 Å². The number of carbonyl (C=O) groups excluding carboxylic acids is 1. The van der Waals surface area contributed by atoms with Gasteiger partial charge < -0.3 is 10.5 Å². The summed E-state index contributed by atoms with van der Waals surface area (Å²) in [5.74, 6) is -0.307. The van der Waals surface area contributed by atoms with Gasteiger partial charge >= 0.3 is 0 Å². The van der Waals surface area contributed by atoms with Gasteiger partial charge in [-0.25, -0.2) is 0 Å². The van der Waals surface area contributed by atoms with Crippen molar-refractivity contribution >= 4 is 5.91 Å². The van der Waals surface area contributed by atoms with Gasteiger partial charge in [-0.2, -0.15) is 0 Å².